The van der Waals surface area contributed by atoms with Crippen molar-refractivity contribution < 1.29 is 4.79 Å². The second kappa shape index (κ2) is 7.90. The summed E-state index contributed by atoms with van der Waals surface area (Å²) in [5.74, 6) is 0.270. The first-order chi connectivity index (χ1) is 10.1. The summed E-state index contributed by atoms with van der Waals surface area (Å²) in [6, 6.07) is 0.247. The van der Waals surface area contributed by atoms with Gasteiger partial charge in [0.25, 0.3) is 0 Å². The number of hydrogen-bond donors (Lipinski definition) is 1. The van der Waals surface area contributed by atoms with E-state index in [2.05, 4.69) is 11.9 Å². The van der Waals surface area contributed by atoms with Gasteiger partial charge < -0.3 is 10.6 Å². The number of aryl methyl sites for hydroxylation is 2. The van der Waals surface area contributed by atoms with E-state index in [4.69, 9.17) is 5.73 Å². The standard InChI is InChI=1S/C16H27N3OS/c1-12-18-13-8-7-9-14(16(13)21-12)19(2)15(20)10-5-3-4-6-11-17/h14H,3-11,17H2,1-2H3. The Labute approximate surface area is 131 Å². The minimum atomic E-state index is 0.247. The van der Waals surface area contributed by atoms with E-state index in [1.807, 2.05) is 11.9 Å². The minimum absolute atomic E-state index is 0.247. The second-order valence-electron chi connectivity index (χ2n) is 5.91. The summed E-state index contributed by atoms with van der Waals surface area (Å²) in [6.45, 7) is 2.81. The molecule has 1 aromatic heterocycles. The molecule has 0 aromatic carbocycles. The van der Waals surface area contributed by atoms with Crippen LogP contribution in [0.1, 0.15) is 66.6 Å². The van der Waals surface area contributed by atoms with Crippen molar-refractivity contribution in [2.45, 2.75) is 64.3 Å². The molecule has 1 atom stereocenters. The fourth-order valence-electron chi connectivity index (χ4n) is 3.01. The van der Waals surface area contributed by atoms with Crippen LogP contribution in [0.5, 0.6) is 0 Å². The molecular weight excluding hydrogens is 282 g/mol. The monoisotopic (exact) mass is 309 g/mol. The Morgan fingerprint density at radius 2 is 2.14 bits per heavy atom. The van der Waals surface area contributed by atoms with Crippen molar-refractivity contribution in [2.75, 3.05) is 13.6 Å². The normalized spacial score (nSPS) is 17.6. The number of carbonyl (C=O) groups is 1. The molecular formula is C16H27N3OS. The van der Waals surface area contributed by atoms with Crippen LogP contribution in [0, 0.1) is 6.92 Å². The Kier molecular flexibility index (Phi) is 6.18. The highest BCUT2D eigenvalue weighted by atomic mass is 32.1. The molecule has 1 heterocycles. The van der Waals surface area contributed by atoms with E-state index in [1.165, 1.54) is 10.6 Å². The molecule has 0 saturated heterocycles. The van der Waals surface area contributed by atoms with Gasteiger partial charge in [0.1, 0.15) is 0 Å². The molecule has 0 saturated carbocycles. The number of hydrogen-bond acceptors (Lipinski definition) is 4. The molecule has 0 aliphatic heterocycles. The van der Waals surface area contributed by atoms with E-state index >= 15 is 0 Å². The number of nitrogens with two attached hydrogens (primary N) is 1. The molecule has 0 spiro atoms. The quantitative estimate of drug-likeness (QED) is 0.787. The summed E-state index contributed by atoms with van der Waals surface area (Å²) < 4.78 is 0. The average Bonchev–Trinajstić information content (AvgIpc) is 2.86. The highest BCUT2D eigenvalue weighted by molar-refractivity contribution is 7.11. The zero-order valence-corrected chi connectivity index (χ0v) is 14.0. The zero-order valence-electron chi connectivity index (χ0n) is 13.2. The lowest BCUT2D eigenvalue weighted by Crippen LogP contribution is -2.32. The van der Waals surface area contributed by atoms with Crippen molar-refractivity contribution in [3.8, 4) is 0 Å². The molecule has 1 amide bonds. The van der Waals surface area contributed by atoms with Crippen LogP contribution in [-0.4, -0.2) is 29.4 Å². The number of nitrogens with zero attached hydrogens (tertiary/aromatic N) is 2. The number of aromatic nitrogens is 1. The fourth-order valence-corrected chi connectivity index (χ4v) is 4.16. The summed E-state index contributed by atoms with van der Waals surface area (Å²) in [5.41, 5.74) is 6.70. The summed E-state index contributed by atoms with van der Waals surface area (Å²) in [7, 11) is 1.96. The molecule has 1 aliphatic carbocycles. The molecule has 0 radical (unpaired) electrons. The van der Waals surface area contributed by atoms with Gasteiger partial charge in [-0.1, -0.05) is 12.8 Å². The number of fused-ring (bicyclic) bond motifs is 1. The number of rotatable bonds is 7. The highest BCUT2D eigenvalue weighted by Crippen LogP contribution is 2.37. The van der Waals surface area contributed by atoms with Crippen LogP contribution in [0.15, 0.2) is 0 Å². The maximum absolute atomic E-state index is 12.4. The van der Waals surface area contributed by atoms with Crippen LogP contribution in [0.25, 0.3) is 0 Å². The Balaban J connectivity index is 1.88. The third-order valence-electron chi connectivity index (χ3n) is 4.23. The SMILES string of the molecule is Cc1nc2c(s1)C(N(C)C(=O)CCCCCCN)CCC2. The Bertz CT molecular complexity index is 472. The maximum Gasteiger partial charge on any atom is 0.222 e. The average molecular weight is 309 g/mol. The Morgan fingerprint density at radius 3 is 2.90 bits per heavy atom. The molecule has 2 N–H and O–H groups in total. The van der Waals surface area contributed by atoms with Crippen molar-refractivity contribution in [1.29, 1.82) is 0 Å². The molecule has 2 rings (SSSR count). The first-order valence-corrected chi connectivity index (χ1v) is 8.87. The smallest absolute Gasteiger partial charge is 0.222 e. The first kappa shape index (κ1) is 16.4. The molecule has 118 valence electrons. The van der Waals surface area contributed by atoms with Crippen LogP contribution in [0.2, 0.25) is 0 Å². The summed E-state index contributed by atoms with van der Waals surface area (Å²) in [5, 5.41) is 1.12. The van der Waals surface area contributed by atoms with Gasteiger partial charge in [0.15, 0.2) is 0 Å². The van der Waals surface area contributed by atoms with Gasteiger partial charge in [-0.15, -0.1) is 11.3 Å². The zero-order chi connectivity index (χ0) is 15.2. The van der Waals surface area contributed by atoms with Crippen LogP contribution < -0.4 is 5.73 Å². The summed E-state index contributed by atoms with van der Waals surface area (Å²) >= 11 is 1.76. The van der Waals surface area contributed by atoms with Gasteiger partial charge in [-0.2, -0.15) is 0 Å². The van der Waals surface area contributed by atoms with Crippen LogP contribution in [0.3, 0.4) is 0 Å². The van der Waals surface area contributed by atoms with E-state index in [0.29, 0.717) is 6.42 Å². The minimum Gasteiger partial charge on any atom is -0.338 e. The van der Waals surface area contributed by atoms with Crippen molar-refractivity contribution >= 4 is 17.2 Å². The van der Waals surface area contributed by atoms with Gasteiger partial charge in [-0.3, -0.25) is 4.79 Å². The third kappa shape index (κ3) is 4.27. The third-order valence-corrected chi connectivity index (χ3v) is 5.35. The summed E-state index contributed by atoms with van der Waals surface area (Å²) in [6.07, 6.45) is 8.21. The van der Waals surface area contributed by atoms with Crippen LogP contribution >= 0.6 is 11.3 Å². The van der Waals surface area contributed by atoms with Gasteiger partial charge in [0.05, 0.1) is 21.6 Å². The molecule has 0 bridgehead atoms. The van der Waals surface area contributed by atoms with Crippen molar-refractivity contribution in [3.05, 3.63) is 15.6 Å². The van der Waals surface area contributed by atoms with E-state index in [0.717, 1.165) is 56.5 Å². The molecule has 21 heavy (non-hydrogen) atoms. The predicted molar refractivity (Wildman–Crippen MR) is 87.4 cm³/mol. The molecule has 1 unspecified atom stereocenters. The van der Waals surface area contributed by atoms with Crippen molar-refractivity contribution in [3.63, 3.8) is 0 Å². The number of unbranched alkanes of at least 4 members (excludes halogenated alkanes) is 3. The van der Waals surface area contributed by atoms with Crippen molar-refractivity contribution in [1.82, 2.24) is 9.88 Å². The van der Waals surface area contributed by atoms with E-state index in [1.54, 1.807) is 11.3 Å². The predicted octanol–water partition coefficient (Wildman–Crippen LogP) is 3.20. The molecule has 1 aliphatic rings. The van der Waals surface area contributed by atoms with Gasteiger partial charge in [-0.05, 0) is 45.6 Å². The van der Waals surface area contributed by atoms with Crippen LogP contribution in [-0.2, 0) is 11.2 Å². The van der Waals surface area contributed by atoms with Crippen LogP contribution in [0.4, 0.5) is 0 Å². The Hall–Kier alpha value is -0.940. The largest absolute Gasteiger partial charge is 0.338 e. The fraction of sp³-hybridized carbons (Fsp3) is 0.750. The maximum atomic E-state index is 12.4. The molecule has 4 nitrogen and oxygen atoms in total. The Morgan fingerprint density at radius 1 is 1.38 bits per heavy atom. The lowest BCUT2D eigenvalue weighted by atomic mass is 9.96. The van der Waals surface area contributed by atoms with Gasteiger partial charge in [0, 0.05) is 13.5 Å². The van der Waals surface area contributed by atoms with Crippen molar-refractivity contribution in [2.24, 2.45) is 5.73 Å². The molecule has 0 fully saturated rings. The van der Waals surface area contributed by atoms with E-state index in [-0.39, 0.29) is 11.9 Å². The highest BCUT2D eigenvalue weighted by Gasteiger charge is 2.29. The lowest BCUT2D eigenvalue weighted by Gasteiger charge is -2.30. The summed E-state index contributed by atoms with van der Waals surface area (Å²) in [4.78, 5) is 20.3. The lowest BCUT2D eigenvalue weighted by molar-refractivity contribution is -0.132. The molecule has 1 aromatic rings. The topological polar surface area (TPSA) is 59.2 Å². The first-order valence-electron chi connectivity index (χ1n) is 8.05. The number of thiazole rings is 1. The van der Waals surface area contributed by atoms with E-state index < -0.39 is 0 Å². The van der Waals surface area contributed by atoms with Gasteiger partial charge in [0.2, 0.25) is 5.91 Å². The second-order valence-corrected chi connectivity index (χ2v) is 7.14. The van der Waals surface area contributed by atoms with Gasteiger partial charge >= 0.3 is 0 Å². The number of amides is 1. The molecule has 5 heteroatoms. The van der Waals surface area contributed by atoms with Gasteiger partial charge in [-0.25, -0.2) is 4.98 Å². The number of carbonyl (C=O) groups excluding carboxylic acids is 1. The van der Waals surface area contributed by atoms with E-state index in [9.17, 15) is 4.79 Å².